The van der Waals surface area contributed by atoms with Crippen LogP contribution in [0.3, 0.4) is 0 Å². The molecule has 1 N–H and O–H groups in total. The molecule has 0 saturated heterocycles. The number of hydrogen-bond donors (Lipinski definition) is 1. The summed E-state index contributed by atoms with van der Waals surface area (Å²) in [6.07, 6.45) is 0. The van der Waals surface area contributed by atoms with Gasteiger partial charge in [0.25, 0.3) is 0 Å². The molecule has 5 heterocycles. The number of pyridine rings is 1. The Balaban J connectivity index is 1.25. The molecule has 7 heteroatoms. The van der Waals surface area contributed by atoms with Gasteiger partial charge in [-0.05, 0) is 71.6 Å². The summed E-state index contributed by atoms with van der Waals surface area (Å²) in [5.41, 5.74) is 11.2. The number of nitrogens with zero attached hydrogens (tertiary/aromatic N) is 5. The maximum Gasteiger partial charge on any atom is 0.166 e. The van der Waals surface area contributed by atoms with Crippen molar-refractivity contribution in [3.63, 3.8) is 0 Å². The minimum absolute atomic E-state index is 0.106. The SMILES string of the molecule is CC(C)(C)c1cc2c3[nH]c4c(cccc4c3c1)-c1nc(-c3ccccc3)nc(n1)-c1cccc(c1)N(c1ccc3c(c1)oc1ccccc13)c1cccc-2n1. The van der Waals surface area contributed by atoms with Gasteiger partial charge < -0.3 is 9.40 Å². The van der Waals surface area contributed by atoms with Crippen LogP contribution in [0.2, 0.25) is 0 Å². The monoisotopic (exact) mass is 710 g/mol. The third kappa shape index (κ3) is 5.04. The van der Waals surface area contributed by atoms with Gasteiger partial charge in [0.1, 0.15) is 17.0 Å². The first-order valence-corrected chi connectivity index (χ1v) is 18.6. The van der Waals surface area contributed by atoms with Gasteiger partial charge in [-0.1, -0.05) is 99.6 Å². The fourth-order valence-electron chi connectivity index (χ4n) is 7.94. The molecule has 0 fully saturated rings. The largest absolute Gasteiger partial charge is 0.456 e. The Morgan fingerprint density at radius 1 is 0.491 bits per heavy atom. The summed E-state index contributed by atoms with van der Waals surface area (Å²) in [6, 6.07) is 50.3. The van der Waals surface area contributed by atoms with Crippen molar-refractivity contribution in [3.05, 3.63) is 151 Å². The number of H-pyrrole nitrogens is 1. The number of para-hydroxylation sites is 2. The first-order chi connectivity index (χ1) is 26.9. The number of nitrogens with one attached hydrogen (secondary N) is 1. The summed E-state index contributed by atoms with van der Waals surface area (Å²) < 4.78 is 6.41. The molecule has 0 atom stereocenters. The van der Waals surface area contributed by atoms with Crippen molar-refractivity contribution in [1.29, 1.82) is 0 Å². The maximum absolute atomic E-state index is 6.41. The fourth-order valence-corrected chi connectivity index (χ4v) is 7.94. The van der Waals surface area contributed by atoms with E-state index in [1.807, 2.05) is 48.5 Å². The van der Waals surface area contributed by atoms with E-state index in [0.717, 1.165) is 88.9 Å². The molecule has 0 unspecified atom stereocenters. The summed E-state index contributed by atoms with van der Waals surface area (Å²) in [5.74, 6) is 2.57. The minimum atomic E-state index is -0.106. The Kier molecular flexibility index (Phi) is 6.68. The summed E-state index contributed by atoms with van der Waals surface area (Å²) >= 11 is 0. The van der Waals surface area contributed by atoms with E-state index in [-0.39, 0.29) is 5.41 Å². The van der Waals surface area contributed by atoms with Crippen LogP contribution in [0, 0.1) is 0 Å². The van der Waals surface area contributed by atoms with E-state index in [9.17, 15) is 0 Å². The third-order valence-corrected chi connectivity index (χ3v) is 10.7. The lowest BCUT2D eigenvalue weighted by Gasteiger charge is -2.25. The topological polar surface area (TPSA) is 83.7 Å². The smallest absolute Gasteiger partial charge is 0.166 e. The van der Waals surface area contributed by atoms with Gasteiger partial charge in [0, 0.05) is 55.6 Å². The van der Waals surface area contributed by atoms with Crippen LogP contribution in [0.5, 0.6) is 0 Å². The molecule has 0 saturated carbocycles. The minimum Gasteiger partial charge on any atom is -0.456 e. The second-order valence-corrected chi connectivity index (χ2v) is 15.3. The number of furan rings is 1. The standard InChI is InChI=1S/C48H34N6O/c1-48(2,3)30-25-37-35-17-10-18-36-43(35)50-44(37)38(26-30)39-19-11-21-42(49-39)54(32-22-23-34-33-16-7-8-20-40(33)55-41(34)27-32)31-15-9-14-29(24-31)46-51-45(52-47(36)53-46)28-12-5-4-6-13-28/h4-27,50H,1-3H3. The Morgan fingerprint density at radius 3 is 2.05 bits per heavy atom. The van der Waals surface area contributed by atoms with E-state index in [4.69, 9.17) is 24.4 Å². The lowest BCUT2D eigenvalue weighted by atomic mass is 9.84. The molecule has 8 bridgehead atoms. The molecular formula is C48H34N6O. The highest BCUT2D eigenvalue weighted by molar-refractivity contribution is 6.15. The van der Waals surface area contributed by atoms with Crippen LogP contribution < -0.4 is 4.90 Å². The summed E-state index contributed by atoms with van der Waals surface area (Å²) in [7, 11) is 0. The lowest BCUT2D eigenvalue weighted by molar-refractivity contribution is 0.591. The van der Waals surface area contributed by atoms with Crippen molar-refractivity contribution in [2.24, 2.45) is 0 Å². The summed E-state index contributed by atoms with van der Waals surface area (Å²) in [5, 5.41) is 4.40. The molecule has 0 aliphatic carbocycles. The molecule has 0 spiro atoms. The van der Waals surface area contributed by atoms with E-state index in [0.29, 0.717) is 17.5 Å². The second kappa shape index (κ2) is 11.7. The molecule has 6 aromatic carbocycles. The van der Waals surface area contributed by atoms with Gasteiger partial charge in [-0.25, -0.2) is 19.9 Å². The molecule has 0 amide bonds. The van der Waals surface area contributed by atoms with Gasteiger partial charge in [0.2, 0.25) is 0 Å². The second-order valence-electron chi connectivity index (χ2n) is 15.3. The highest BCUT2D eigenvalue weighted by Gasteiger charge is 2.24. The Morgan fingerprint density at radius 2 is 1.18 bits per heavy atom. The highest BCUT2D eigenvalue weighted by Crippen LogP contribution is 2.43. The molecule has 262 valence electrons. The van der Waals surface area contributed by atoms with Crippen LogP contribution in [0.4, 0.5) is 17.2 Å². The molecule has 0 radical (unpaired) electrons. The Labute approximate surface area is 317 Å². The fraction of sp³-hybridized carbons (Fsp3) is 0.0833. The number of hydrogen-bond acceptors (Lipinski definition) is 6. The maximum atomic E-state index is 6.41. The number of fused-ring (bicyclic) bond motifs is 13. The van der Waals surface area contributed by atoms with Crippen LogP contribution in [-0.4, -0.2) is 24.9 Å². The molecule has 1 aliphatic rings. The average Bonchev–Trinajstić information content (AvgIpc) is 3.79. The van der Waals surface area contributed by atoms with Gasteiger partial charge >= 0.3 is 0 Å². The van der Waals surface area contributed by atoms with E-state index in [1.54, 1.807) is 0 Å². The summed E-state index contributed by atoms with van der Waals surface area (Å²) in [6.45, 7) is 6.78. The Bertz CT molecular complexity index is 3150. The first kappa shape index (κ1) is 31.4. The third-order valence-electron chi connectivity index (χ3n) is 10.7. The molecule has 4 aromatic heterocycles. The van der Waals surface area contributed by atoms with Crippen molar-refractivity contribution < 1.29 is 4.42 Å². The average molecular weight is 711 g/mol. The van der Waals surface area contributed by atoms with Gasteiger partial charge in [-0.2, -0.15) is 0 Å². The van der Waals surface area contributed by atoms with Crippen molar-refractivity contribution in [3.8, 4) is 45.4 Å². The molecule has 7 nitrogen and oxygen atoms in total. The number of anilines is 3. The summed E-state index contributed by atoms with van der Waals surface area (Å²) in [4.78, 5) is 27.0. The molecule has 10 aromatic rings. The van der Waals surface area contributed by atoms with E-state index in [2.05, 4.69) is 128 Å². The molecule has 1 aliphatic heterocycles. The number of aromatic nitrogens is 5. The van der Waals surface area contributed by atoms with Gasteiger partial charge in [-0.15, -0.1) is 0 Å². The van der Waals surface area contributed by atoms with Crippen LogP contribution in [0.1, 0.15) is 26.3 Å². The number of benzene rings is 6. The van der Waals surface area contributed by atoms with Crippen molar-refractivity contribution in [2.45, 2.75) is 26.2 Å². The lowest BCUT2D eigenvalue weighted by Crippen LogP contribution is -2.13. The van der Waals surface area contributed by atoms with Crippen molar-refractivity contribution in [1.82, 2.24) is 24.9 Å². The normalized spacial score (nSPS) is 12.6. The quantitative estimate of drug-likeness (QED) is 0.192. The predicted molar refractivity (Wildman–Crippen MR) is 223 cm³/mol. The van der Waals surface area contributed by atoms with Crippen molar-refractivity contribution >= 4 is 60.9 Å². The van der Waals surface area contributed by atoms with Gasteiger partial charge in [0.15, 0.2) is 17.5 Å². The first-order valence-electron chi connectivity index (χ1n) is 18.6. The number of rotatable bonds is 2. The van der Waals surface area contributed by atoms with Crippen LogP contribution in [-0.2, 0) is 5.41 Å². The van der Waals surface area contributed by atoms with E-state index < -0.39 is 0 Å². The predicted octanol–water partition coefficient (Wildman–Crippen LogP) is 12.5. The van der Waals surface area contributed by atoms with Gasteiger partial charge in [-0.3, -0.25) is 4.90 Å². The van der Waals surface area contributed by atoms with Gasteiger partial charge in [0.05, 0.1) is 22.4 Å². The zero-order valence-corrected chi connectivity index (χ0v) is 30.5. The van der Waals surface area contributed by atoms with Crippen LogP contribution in [0.15, 0.2) is 150 Å². The van der Waals surface area contributed by atoms with Crippen LogP contribution >= 0.6 is 0 Å². The molecule has 55 heavy (non-hydrogen) atoms. The van der Waals surface area contributed by atoms with E-state index in [1.165, 1.54) is 5.56 Å². The zero-order chi connectivity index (χ0) is 36.8. The Hall–Kier alpha value is -7.12. The van der Waals surface area contributed by atoms with Crippen molar-refractivity contribution in [2.75, 3.05) is 4.90 Å². The number of aromatic amines is 1. The highest BCUT2D eigenvalue weighted by atomic mass is 16.3. The van der Waals surface area contributed by atoms with Crippen LogP contribution in [0.25, 0.3) is 89.2 Å². The zero-order valence-electron chi connectivity index (χ0n) is 30.5. The van der Waals surface area contributed by atoms with E-state index >= 15 is 0 Å². The molecule has 11 rings (SSSR count). The molecular weight excluding hydrogens is 677 g/mol.